The molecule has 12 heteroatoms. The number of thioether (sulfide) groups is 1. The summed E-state index contributed by atoms with van der Waals surface area (Å²) in [5, 5.41) is 11.9. The lowest BCUT2D eigenvalue weighted by molar-refractivity contribution is 0.102. The van der Waals surface area contributed by atoms with Crippen LogP contribution in [0.1, 0.15) is 27.6 Å². The van der Waals surface area contributed by atoms with Crippen LogP contribution in [-0.2, 0) is 5.75 Å². The first-order valence-corrected chi connectivity index (χ1v) is 11.6. The molecule has 2 aromatic heterocycles. The Morgan fingerprint density at radius 3 is 2.32 bits per heavy atom. The Morgan fingerprint density at radius 1 is 1.00 bits per heavy atom. The normalized spacial score (nSPS) is 11.0. The molecule has 0 aliphatic carbocycles. The molecule has 2 heterocycles. The number of rotatable bonds is 6. The van der Waals surface area contributed by atoms with Crippen LogP contribution in [0.25, 0.3) is 5.69 Å². The van der Waals surface area contributed by atoms with Gasteiger partial charge >= 0.3 is 0 Å². The highest BCUT2D eigenvalue weighted by atomic mass is 35.5. The van der Waals surface area contributed by atoms with Gasteiger partial charge in [-0.05, 0) is 50.2 Å². The predicted molar refractivity (Wildman–Crippen MR) is 127 cm³/mol. The Kier molecular flexibility index (Phi) is 7.11. The topological polar surface area (TPSA) is 85.6 Å². The number of hydrogen-bond donors (Lipinski definition) is 1. The third-order valence-electron chi connectivity index (χ3n) is 4.55. The van der Waals surface area contributed by atoms with Crippen LogP contribution < -0.4 is 5.32 Å². The summed E-state index contributed by atoms with van der Waals surface area (Å²) in [6.07, 6.45) is 0. The van der Waals surface area contributed by atoms with Gasteiger partial charge in [0.15, 0.2) is 22.5 Å². The monoisotopic (exact) mass is 520 g/mol. The molecule has 2 aromatic carbocycles. The van der Waals surface area contributed by atoms with Gasteiger partial charge in [-0.2, -0.15) is 0 Å². The van der Waals surface area contributed by atoms with Gasteiger partial charge in [0, 0.05) is 38.9 Å². The molecule has 0 fully saturated rings. The van der Waals surface area contributed by atoms with Crippen molar-refractivity contribution in [2.75, 3.05) is 5.32 Å². The lowest BCUT2D eigenvalue weighted by Gasteiger charge is -2.10. The minimum atomic E-state index is -1.09. The van der Waals surface area contributed by atoms with Crippen LogP contribution in [-0.4, -0.2) is 30.9 Å². The first-order valence-electron chi connectivity index (χ1n) is 9.82. The maximum Gasteiger partial charge on any atom is 0.278 e. The van der Waals surface area contributed by atoms with E-state index in [0.717, 1.165) is 23.5 Å². The van der Waals surface area contributed by atoms with Crippen molar-refractivity contribution in [2.24, 2.45) is 0 Å². The van der Waals surface area contributed by atoms with Crippen LogP contribution in [0.4, 0.5) is 14.5 Å². The summed E-state index contributed by atoms with van der Waals surface area (Å²) in [7, 11) is 0. The fourth-order valence-corrected chi connectivity index (χ4v) is 4.59. The second-order valence-corrected chi connectivity index (χ2v) is 9.04. The maximum absolute atomic E-state index is 13.6. The van der Waals surface area contributed by atoms with E-state index in [-0.39, 0.29) is 17.1 Å². The Hall–Kier alpha value is -3.08. The van der Waals surface area contributed by atoms with Gasteiger partial charge in [-0.3, -0.25) is 4.79 Å². The minimum Gasteiger partial charge on any atom is -0.320 e. The standard InChI is InChI=1S/C22H16Cl2F2N6OS/c1-11-5-12(2)28-22(27-11)34-10-19-20(21(33)29-15-3-4-17(25)18(26)9-15)30-31-32(19)16-7-13(23)6-14(24)8-16/h3-9H,10H2,1-2H3,(H,29,33). The fourth-order valence-electron chi connectivity index (χ4n) is 3.13. The molecule has 0 aliphatic heterocycles. The number of aromatic nitrogens is 5. The molecule has 7 nitrogen and oxygen atoms in total. The van der Waals surface area contributed by atoms with Crippen molar-refractivity contribution >= 4 is 46.6 Å². The molecule has 0 atom stereocenters. The smallest absolute Gasteiger partial charge is 0.278 e. The number of carbonyl (C=O) groups is 1. The Labute approximate surface area is 207 Å². The molecule has 0 saturated heterocycles. The van der Waals surface area contributed by atoms with Crippen LogP contribution >= 0.6 is 35.0 Å². The molecular formula is C22H16Cl2F2N6OS. The van der Waals surface area contributed by atoms with Crippen molar-refractivity contribution in [1.82, 2.24) is 25.0 Å². The SMILES string of the molecule is Cc1cc(C)nc(SCc2c(C(=O)Nc3ccc(F)c(F)c3)nnn2-c2cc(Cl)cc(Cl)c2)n1. The van der Waals surface area contributed by atoms with Gasteiger partial charge in [0.2, 0.25) is 0 Å². The number of nitrogens with zero attached hydrogens (tertiary/aromatic N) is 5. The van der Waals surface area contributed by atoms with Crippen molar-refractivity contribution in [3.63, 3.8) is 0 Å². The summed E-state index contributed by atoms with van der Waals surface area (Å²) in [6.45, 7) is 3.72. The summed E-state index contributed by atoms with van der Waals surface area (Å²) in [4.78, 5) is 21.8. The number of halogens is 4. The maximum atomic E-state index is 13.6. The van der Waals surface area contributed by atoms with Crippen LogP contribution in [0.5, 0.6) is 0 Å². The Morgan fingerprint density at radius 2 is 1.68 bits per heavy atom. The summed E-state index contributed by atoms with van der Waals surface area (Å²) in [5.74, 6) is -2.53. The van der Waals surface area contributed by atoms with E-state index < -0.39 is 17.5 Å². The molecule has 0 spiro atoms. The molecular weight excluding hydrogens is 505 g/mol. The lowest BCUT2D eigenvalue weighted by Crippen LogP contribution is -2.15. The fraction of sp³-hybridized carbons (Fsp3) is 0.136. The highest BCUT2D eigenvalue weighted by Crippen LogP contribution is 2.27. The molecule has 174 valence electrons. The average molecular weight is 521 g/mol. The highest BCUT2D eigenvalue weighted by molar-refractivity contribution is 7.98. The molecule has 4 aromatic rings. The van der Waals surface area contributed by atoms with Crippen molar-refractivity contribution < 1.29 is 13.6 Å². The lowest BCUT2D eigenvalue weighted by atomic mass is 10.2. The van der Waals surface area contributed by atoms with Crippen LogP contribution in [0.3, 0.4) is 0 Å². The number of amides is 1. The third kappa shape index (κ3) is 5.52. The minimum absolute atomic E-state index is 0.0160. The molecule has 1 N–H and O–H groups in total. The van der Waals surface area contributed by atoms with Crippen molar-refractivity contribution in [3.8, 4) is 5.69 Å². The van der Waals surface area contributed by atoms with Crippen molar-refractivity contribution in [3.05, 3.63) is 86.9 Å². The second-order valence-electron chi connectivity index (χ2n) is 7.23. The number of carbonyl (C=O) groups excluding carboxylic acids is 1. The number of nitrogens with one attached hydrogen (secondary N) is 1. The quantitative estimate of drug-likeness (QED) is 0.255. The number of aryl methyl sites for hydroxylation is 2. The van der Waals surface area contributed by atoms with Crippen LogP contribution in [0, 0.1) is 25.5 Å². The molecule has 4 rings (SSSR count). The van der Waals surface area contributed by atoms with E-state index in [2.05, 4.69) is 25.6 Å². The third-order valence-corrected chi connectivity index (χ3v) is 5.84. The van der Waals surface area contributed by atoms with E-state index in [0.29, 0.717) is 26.6 Å². The van der Waals surface area contributed by atoms with Gasteiger partial charge in [0.1, 0.15) is 0 Å². The van der Waals surface area contributed by atoms with Crippen molar-refractivity contribution in [1.29, 1.82) is 0 Å². The summed E-state index contributed by atoms with van der Waals surface area (Å²) < 4.78 is 28.3. The zero-order valence-corrected chi connectivity index (χ0v) is 20.1. The zero-order chi connectivity index (χ0) is 24.4. The Bertz CT molecular complexity index is 1360. The van der Waals surface area contributed by atoms with Crippen molar-refractivity contribution in [2.45, 2.75) is 24.8 Å². The number of benzene rings is 2. The molecule has 0 aliphatic rings. The van der Waals surface area contributed by atoms with Crippen LogP contribution in [0.15, 0.2) is 47.6 Å². The highest BCUT2D eigenvalue weighted by Gasteiger charge is 2.22. The number of hydrogen-bond acceptors (Lipinski definition) is 6. The molecule has 1 amide bonds. The van der Waals surface area contributed by atoms with Gasteiger partial charge in [-0.25, -0.2) is 23.4 Å². The van der Waals surface area contributed by atoms with Gasteiger partial charge in [0.25, 0.3) is 5.91 Å². The number of anilines is 1. The second kappa shape index (κ2) is 10.0. The molecule has 34 heavy (non-hydrogen) atoms. The van der Waals surface area contributed by atoms with Crippen LogP contribution in [0.2, 0.25) is 10.0 Å². The van der Waals surface area contributed by atoms with Gasteiger partial charge in [0.05, 0.1) is 11.4 Å². The molecule has 0 radical (unpaired) electrons. The Balaban J connectivity index is 1.71. The van der Waals surface area contributed by atoms with E-state index in [1.54, 1.807) is 18.2 Å². The summed E-state index contributed by atoms with van der Waals surface area (Å²) >= 11 is 13.6. The molecule has 0 bridgehead atoms. The first kappa shape index (κ1) is 24.1. The molecule has 0 saturated carbocycles. The summed E-state index contributed by atoms with van der Waals surface area (Å²) in [6, 6.07) is 9.72. The van der Waals surface area contributed by atoms with Gasteiger partial charge in [-0.15, -0.1) is 5.10 Å². The first-order chi connectivity index (χ1) is 16.2. The summed E-state index contributed by atoms with van der Waals surface area (Å²) in [5.41, 5.74) is 2.57. The van der Waals surface area contributed by atoms with E-state index in [1.807, 2.05) is 19.9 Å². The van der Waals surface area contributed by atoms with E-state index >= 15 is 0 Å². The predicted octanol–water partition coefficient (Wildman–Crippen LogP) is 5.80. The largest absolute Gasteiger partial charge is 0.320 e. The van der Waals surface area contributed by atoms with Gasteiger partial charge < -0.3 is 5.32 Å². The van der Waals surface area contributed by atoms with E-state index in [1.165, 1.54) is 22.5 Å². The van der Waals surface area contributed by atoms with E-state index in [9.17, 15) is 13.6 Å². The van der Waals surface area contributed by atoms with E-state index in [4.69, 9.17) is 23.2 Å². The van der Waals surface area contributed by atoms with Gasteiger partial charge in [-0.1, -0.05) is 40.2 Å². The zero-order valence-electron chi connectivity index (χ0n) is 17.8. The average Bonchev–Trinajstić information content (AvgIpc) is 3.18. The molecule has 0 unspecified atom stereocenters.